The SMILES string of the molecule is O=C1CCC(NC(=O)c2cccc3cn[nH]c23)C(=O)N1. The molecule has 7 nitrogen and oxygen atoms in total. The van der Waals surface area contributed by atoms with Crippen LogP contribution < -0.4 is 10.6 Å². The Hall–Kier alpha value is -2.70. The van der Waals surface area contributed by atoms with E-state index in [1.165, 1.54) is 0 Å². The van der Waals surface area contributed by atoms with Crippen LogP contribution in [0.3, 0.4) is 0 Å². The third kappa shape index (κ3) is 2.13. The molecule has 7 heteroatoms. The summed E-state index contributed by atoms with van der Waals surface area (Å²) in [6, 6.07) is 4.55. The lowest BCUT2D eigenvalue weighted by Crippen LogP contribution is -2.52. The van der Waals surface area contributed by atoms with Crippen LogP contribution in [-0.4, -0.2) is 34.0 Å². The van der Waals surface area contributed by atoms with Crippen LogP contribution in [0.4, 0.5) is 0 Å². The molecule has 3 amide bonds. The van der Waals surface area contributed by atoms with Crippen molar-refractivity contribution in [3.63, 3.8) is 0 Å². The molecule has 102 valence electrons. The average molecular weight is 272 g/mol. The minimum atomic E-state index is -0.682. The summed E-state index contributed by atoms with van der Waals surface area (Å²) >= 11 is 0. The van der Waals surface area contributed by atoms with Gasteiger partial charge in [-0.2, -0.15) is 5.10 Å². The van der Waals surface area contributed by atoms with Crippen molar-refractivity contribution >= 4 is 28.6 Å². The van der Waals surface area contributed by atoms with Gasteiger partial charge in [-0.05, 0) is 12.5 Å². The summed E-state index contributed by atoms with van der Waals surface area (Å²) in [6.45, 7) is 0. The van der Waals surface area contributed by atoms with Gasteiger partial charge in [-0.1, -0.05) is 12.1 Å². The fourth-order valence-electron chi connectivity index (χ4n) is 2.23. The Morgan fingerprint density at radius 3 is 3.00 bits per heavy atom. The molecule has 0 aliphatic carbocycles. The van der Waals surface area contributed by atoms with Crippen LogP contribution in [0.25, 0.3) is 10.9 Å². The number of para-hydroxylation sites is 1. The molecule has 20 heavy (non-hydrogen) atoms. The molecule has 0 spiro atoms. The first-order valence-electron chi connectivity index (χ1n) is 6.22. The molecule has 3 N–H and O–H groups in total. The van der Waals surface area contributed by atoms with Crippen LogP contribution in [0.1, 0.15) is 23.2 Å². The number of fused-ring (bicyclic) bond motifs is 1. The molecule has 2 heterocycles. The quantitative estimate of drug-likeness (QED) is 0.674. The molecular weight excluding hydrogens is 260 g/mol. The summed E-state index contributed by atoms with van der Waals surface area (Å²) in [4.78, 5) is 34.9. The zero-order valence-electron chi connectivity index (χ0n) is 10.5. The van der Waals surface area contributed by atoms with E-state index in [1.54, 1.807) is 18.3 Å². The summed E-state index contributed by atoms with van der Waals surface area (Å²) in [7, 11) is 0. The summed E-state index contributed by atoms with van der Waals surface area (Å²) < 4.78 is 0. The van der Waals surface area contributed by atoms with Crippen molar-refractivity contribution in [2.75, 3.05) is 0 Å². The van der Waals surface area contributed by atoms with Crippen molar-refractivity contribution in [1.29, 1.82) is 0 Å². The maximum atomic E-state index is 12.2. The molecular formula is C13H12N4O3. The third-order valence-electron chi connectivity index (χ3n) is 3.27. The van der Waals surface area contributed by atoms with Crippen molar-refractivity contribution in [2.24, 2.45) is 0 Å². The predicted octanol–water partition coefficient (Wildman–Crippen LogP) is 0.0979. The van der Waals surface area contributed by atoms with Crippen molar-refractivity contribution in [1.82, 2.24) is 20.8 Å². The summed E-state index contributed by atoms with van der Waals surface area (Å²) in [5.41, 5.74) is 1.04. The molecule has 3 rings (SSSR count). The number of piperidine rings is 1. The van der Waals surface area contributed by atoms with E-state index in [-0.39, 0.29) is 18.2 Å². The van der Waals surface area contributed by atoms with Crippen LogP contribution in [-0.2, 0) is 9.59 Å². The van der Waals surface area contributed by atoms with Crippen LogP contribution in [0.5, 0.6) is 0 Å². The second kappa shape index (κ2) is 4.76. The molecule has 0 saturated carbocycles. The predicted molar refractivity (Wildman–Crippen MR) is 69.7 cm³/mol. The van der Waals surface area contributed by atoms with Crippen molar-refractivity contribution in [2.45, 2.75) is 18.9 Å². The number of rotatable bonds is 2. The van der Waals surface area contributed by atoms with Crippen molar-refractivity contribution in [3.05, 3.63) is 30.0 Å². The van der Waals surface area contributed by atoms with E-state index in [2.05, 4.69) is 20.8 Å². The Morgan fingerprint density at radius 2 is 2.20 bits per heavy atom. The highest BCUT2D eigenvalue weighted by Crippen LogP contribution is 2.16. The Kier molecular flexibility index (Phi) is 2.94. The van der Waals surface area contributed by atoms with Crippen molar-refractivity contribution in [3.8, 4) is 0 Å². The Morgan fingerprint density at radius 1 is 1.35 bits per heavy atom. The maximum absolute atomic E-state index is 12.2. The number of imide groups is 1. The number of hydrogen-bond acceptors (Lipinski definition) is 4. The molecule has 0 bridgehead atoms. The Labute approximate surface area is 113 Å². The molecule has 1 aromatic heterocycles. The highest BCUT2D eigenvalue weighted by Gasteiger charge is 2.28. The third-order valence-corrected chi connectivity index (χ3v) is 3.27. The van der Waals surface area contributed by atoms with E-state index in [9.17, 15) is 14.4 Å². The van der Waals surface area contributed by atoms with Gasteiger partial charge in [-0.25, -0.2) is 0 Å². The highest BCUT2D eigenvalue weighted by molar-refractivity contribution is 6.08. The Balaban J connectivity index is 1.81. The highest BCUT2D eigenvalue weighted by atomic mass is 16.2. The monoisotopic (exact) mass is 272 g/mol. The lowest BCUT2D eigenvalue weighted by molar-refractivity contribution is -0.134. The fraction of sp³-hybridized carbons (Fsp3) is 0.231. The molecule has 1 unspecified atom stereocenters. The number of carbonyl (C=O) groups is 3. The number of benzene rings is 1. The Bertz CT molecular complexity index is 706. The summed E-state index contributed by atoms with van der Waals surface area (Å²) in [5.74, 6) is -1.14. The number of amides is 3. The normalized spacial score (nSPS) is 18.9. The second-order valence-electron chi connectivity index (χ2n) is 4.62. The van der Waals surface area contributed by atoms with Crippen LogP contribution in [0.15, 0.2) is 24.4 Å². The van der Waals surface area contributed by atoms with E-state index >= 15 is 0 Å². The van der Waals surface area contributed by atoms with E-state index in [0.29, 0.717) is 17.5 Å². The number of nitrogens with zero attached hydrogens (tertiary/aromatic N) is 1. The zero-order valence-corrected chi connectivity index (χ0v) is 10.5. The van der Waals surface area contributed by atoms with Gasteiger partial charge in [-0.3, -0.25) is 24.8 Å². The second-order valence-corrected chi connectivity index (χ2v) is 4.62. The lowest BCUT2D eigenvalue weighted by atomic mass is 10.0. The number of H-pyrrole nitrogens is 1. The van der Waals surface area contributed by atoms with Gasteiger partial charge in [-0.15, -0.1) is 0 Å². The number of aromatic amines is 1. The van der Waals surface area contributed by atoms with Crippen molar-refractivity contribution < 1.29 is 14.4 Å². The fourth-order valence-corrected chi connectivity index (χ4v) is 2.23. The average Bonchev–Trinajstić information content (AvgIpc) is 2.90. The van der Waals surface area contributed by atoms with E-state index in [4.69, 9.17) is 0 Å². The van der Waals surface area contributed by atoms with Gasteiger partial charge >= 0.3 is 0 Å². The zero-order chi connectivity index (χ0) is 14.1. The molecule has 1 aliphatic heterocycles. The van der Waals surface area contributed by atoms with Crippen LogP contribution in [0, 0.1) is 0 Å². The molecule has 2 aromatic rings. The maximum Gasteiger partial charge on any atom is 0.254 e. The largest absolute Gasteiger partial charge is 0.340 e. The van der Waals surface area contributed by atoms with E-state index < -0.39 is 11.9 Å². The van der Waals surface area contributed by atoms with Gasteiger partial charge < -0.3 is 5.32 Å². The van der Waals surface area contributed by atoms with Gasteiger partial charge in [0, 0.05) is 11.8 Å². The first-order valence-corrected chi connectivity index (χ1v) is 6.22. The molecule has 1 aromatic carbocycles. The number of hydrogen-bond donors (Lipinski definition) is 3. The van der Waals surface area contributed by atoms with Crippen LogP contribution in [0.2, 0.25) is 0 Å². The van der Waals surface area contributed by atoms with Gasteiger partial charge in [0.2, 0.25) is 11.8 Å². The van der Waals surface area contributed by atoms with E-state index in [1.807, 2.05) is 6.07 Å². The molecule has 1 atom stereocenters. The van der Waals surface area contributed by atoms with Gasteiger partial charge in [0.1, 0.15) is 6.04 Å². The standard InChI is InChI=1S/C13H12N4O3/c18-10-5-4-9(13(20)16-10)15-12(19)8-3-1-2-7-6-14-17-11(7)8/h1-3,6,9H,4-5H2,(H,14,17)(H,15,19)(H,16,18,20). The minimum absolute atomic E-state index is 0.227. The number of carbonyl (C=O) groups excluding carboxylic acids is 3. The smallest absolute Gasteiger partial charge is 0.254 e. The lowest BCUT2D eigenvalue weighted by Gasteiger charge is -2.21. The van der Waals surface area contributed by atoms with Crippen LogP contribution >= 0.6 is 0 Å². The van der Waals surface area contributed by atoms with Gasteiger partial charge in [0.25, 0.3) is 5.91 Å². The summed E-state index contributed by atoms with van der Waals surface area (Å²) in [5, 5.41) is 12.3. The first kappa shape index (κ1) is 12.3. The van der Waals surface area contributed by atoms with E-state index in [0.717, 1.165) is 5.39 Å². The molecule has 1 fully saturated rings. The molecule has 1 aliphatic rings. The molecule has 1 saturated heterocycles. The van der Waals surface area contributed by atoms with Gasteiger partial charge in [0.05, 0.1) is 17.3 Å². The summed E-state index contributed by atoms with van der Waals surface area (Å²) in [6.07, 6.45) is 2.17. The number of nitrogens with one attached hydrogen (secondary N) is 3. The minimum Gasteiger partial charge on any atom is -0.340 e. The molecule has 0 radical (unpaired) electrons. The topological polar surface area (TPSA) is 104 Å². The van der Waals surface area contributed by atoms with Gasteiger partial charge in [0.15, 0.2) is 0 Å². The first-order chi connectivity index (χ1) is 9.65. The number of aromatic nitrogens is 2.